The fraction of sp³-hybridized carbons (Fsp3) is 0.607. The molecule has 0 N–H and O–H groups in total. The van der Waals surface area contributed by atoms with E-state index in [0.717, 1.165) is 24.0 Å². The smallest absolute Gasteiger partial charge is 0.0702 e. The average molecular weight is 392 g/mol. The quantitative estimate of drug-likeness (QED) is 0.350. The molecule has 0 aliphatic heterocycles. The Bertz CT molecular complexity index is 677. The molecule has 158 valence electrons. The summed E-state index contributed by atoms with van der Waals surface area (Å²) in [5.74, 6) is 1.97. The molecular weight excluding hydrogens is 350 g/mol. The van der Waals surface area contributed by atoms with E-state index in [1.807, 2.05) is 0 Å². The van der Waals surface area contributed by atoms with Gasteiger partial charge < -0.3 is 0 Å². The molecule has 1 heteroatoms. The lowest BCUT2D eigenvalue weighted by Gasteiger charge is -2.28. The normalized spacial score (nSPS) is 19.4. The average Bonchev–Trinajstić information content (AvgIpc) is 2.77. The van der Waals surface area contributed by atoms with E-state index in [4.69, 9.17) is 4.98 Å². The second-order valence-corrected chi connectivity index (χ2v) is 9.27. The molecule has 0 spiro atoms. The Morgan fingerprint density at radius 1 is 0.690 bits per heavy atom. The second kappa shape index (κ2) is 12.2. The highest BCUT2D eigenvalue weighted by Gasteiger charge is 2.20. The van der Waals surface area contributed by atoms with Crippen molar-refractivity contribution in [2.45, 2.75) is 97.3 Å². The van der Waals surface area contributed by atoms with Crippen LogP contribution in [-0.2, 0) is 12.8 Å². The number of hydrogen-bond acceptors (Lipinski definition) is 1. The van der Waals surface area contributed by atoms with Crippen LogP contribution in [0.1, 0.15) is 95.6 Å². The van der Waals surface area contributed by atoms with Gasteiger partial charge in [0.1, 0.15) is 0 Å². The van der Waals surface area contributed by atoms with Crippen LogP contribution < -0.4 is 0 Å². The van der Waals surface area contributed by atoms with Crippen molar-refractivity contribution in [3.05, 3.63) is 53.7 Å². The predicted octanol–water partition coefficient (Wildman–Crippen LogP) is 8.41. The first-order chi connectivity index (χ1) is 14.3. The van der Waals surface area contributed by atoms with E-state index >= 15 is 0 Å². The number of aryl methyl sites for hydroxylation is 2. The van der Waals surface area contributed by atoms with E-state index in [0.29, 0.717) is 0 Å². The SMILES string of the molecule is CCCCCCc1ccc(-c2ccc(CC[C@H]3CC[C@H](CCC)CC3)cc2)nc1. The highest BCUT2D eigenvalue weighted by molar-refractivity contribution is 5.59. The molecule has 0 amide bonds. The van der Waals surface area contributed by atoms with Crippen LogP contribution in [0.2, 0.25) is 0 Å². The molecular formula is C28H41N. The van der Waals surface area contributed by atoms with Crippen molar-refractivity contribution in [3.63, 3.8) is 0 Å². The lowest BCUT2D eigenvalue weighted by atomic mass is 9.78. The van der Waals surface area contributed by atoms with Gasteiger partial charge in [-0.3, -0.25) is 4.98 Å². The van der Waals surface area contributed by atoms with Crippen LogP contribution in [0.25, 0.3) is 11.3 Å². The van der Waals surface area contributed by atoms with Crippen molar-refractivity contribution >= 4 is 0 Å². The van der Waals surface area contributed by atoms with Crippen LogP contribution in [0.15, 0.2) is 42.6 Å². The van der Waals surface area contributed by atoms with E-state index in [2.05, 4.69) is 56.4 Å². The molecule has 0 bridgehead atoms. The molecule has 1 aliphatic rings. The van der Waals surface area contributed by atoms with E-state index in [9.17, 15) is 0 Å². The van der Waals surface area contributed by atoms with Gasteiger partial charge in [0.05, 0.1) is 5.69 Å². The van der Waals surface area contributed by atoms with Gasteiger partial charge in [-0.1, -0.05) is 102 Å². The number of nitrogens with zero attached hydrogens (tertiary/aromatic N) is 1. The van der Waals surface area contributed by atoms with Crippen LogP contribution in [-0.4, -0.2) is 4.98 Å². The summed E-state index contributed by atoms with van der Waals surface area (Å²) in [6, 6.07) is 13.6. The first-order valence-corrected chi connectivity index (χ1v) is 12.3. The Labute approximate surface area is 179 Å². The molecule has 1 nitrogen and oxygen atoms in total. The lowest BCUT2D eigenvalue weighted by Crippen LogP contribution is -2.15. The summed E-state index contributed by atoms with van der Waals surface area (Å²) in [6.07, 6.45) is 19.7. The molecule has 1 heterocycles. The van der Waals surface area contributed by atoms with E-state index in [1.165, 1.54) is 93.7 Å². The number of rotatable bonds is 11. The Hall–Kier alpha value is -1.63. The third-order valence-corrected chi connectivity index (χ3v) is 6.90. The van der Waals surface area contributed by atoms with Gasteiger partial charge >= 0.3 is 0 Å². The maximum Gasteiger partial charge on any atom is 0.0702 e. The van der Waals surface area contributed by atoms with Crippen molar-refractivity contribution in [2.75, 3.05) is 0 Å². The number of aromatic nitrogens is 1. The summed E-state index contributed by atoms with van der Waals surface area (Å²) in [5, 5.41) is 0. The molecule has 3 rings (SSSR count). The lowest BCUT2D eigenvalue weighted by molar-refractivity contribution is 0.252. The Morgan fingerprint density at radius 3 is 2.00 bits per heavy atom. The van der Waals surface area contributed by atoms with Crippen molar-refractivity contribution in [1.82, 2.24) is 4.98 Å². The van der Waals surface area contributed by atoms with Crippen LogP contribution >= 0.6 is 0 Å². The fourth-order valence-electron chi connectivity index (χ4n) is 4.93. The molecule has 0 radical (unpaired) electrons. The van der Waals surface area contributed by atoms with Gasteiger partial charge in [-0.2, -0.15) is 0 Å². The summed E-state index contributed by atoms with van der Waals surface area (Å²) >= 11 is 0. The minimum Gasteiger partial charge on any atom is -0.256 e. The molecule has 1 saturated carbocycles. The van der Waals surface area contributed by atoms with Crippen molar-refractivity contribution < 1.29 is 0 Å². The zero-order valence-corrected chi connectivity index (χ0v) is 18.8. The maximum absolute atomic E-state index is 4.72. The van der Waals surface area contributed by atoms with Crippen molar-refractivity contribution in [3.8, 4) is 11.3 Å². The van der Waals surface area contributed by atoms with Crippen LogP contribution in [0.3, 0.4) is 0 Å². The second-order valence-electron chi connectivity index (χ2n) is 9.27. The van der Waals surface area contributed by atoms with Gasteiger partial charge in [0.15, 0.2) is 0 Å². The molecule has 1 aromatic carbocycles. The predicted molar refractivity (Wildman–Crippen MR) is 126 cm³/mol. The minimum absolute atomic E-state index is 0.953. The zero-order valence-electron chi connectivity index (χ0n) is 18.8. The summed E-state index contributed by atoms with van der Waals surface area (Å²) in [5.41, 5.74) is 5.20. The van der Waals surface area contributed by atoms with Crippen molar-refractivity contribution in [1.29, 1.82) is 0 Å². The molecule has 0 atom stereocenters. The number of hydrogen-bond donors (Lipinski definition) is 0. The Balaban J connectivity index is 1.44. The number of benzene rings is 1. The Kier molecular flexibility index (Phi) is 9.25. The zero-order chi connectivity index (χ0) is 20.3. The molecule has 1 fully saturated rings. The summed E-state index contributed by atoms with van der Waals surface area (Å²) in [4.78, 5) is 4.72. The summed E-state index contributed by atoms with van der Waals surface area (Å²) in [6.45, 7) is 4.59. The standard InChI is InChI=1S/C28H41N/c1-3-5-6-7-9-26-18-21-28(29-22-26)27-19-16-25(17-20-27)15-14-24-12-10-23(8-4-2)11-13-24/h16-24H,3-15H2,1-2H3/t23-,24-. The van der Waals surface area contributed by atoms with Crippen LogP contribution in [0, 0.1) is 11.8 Å². The minimum atomic E-state index is 0.953. The molecule has 0 unspecified atom stereocenters. The fourth-order valence-corrected chi connectivity index (χ4v) is 4.93. The van der Waals surface area contributed by atoms with Crippen LogP contribution in [0.5, 0.6) is 0 Å². The largest absolute Gasteiger partial charge is 0.256 e. The van der Waals surface area contributed by atoms with Gasteiger partial charge in [0, 0.05) is 11.8 Å². The Morgan fingerprint density at radius 2 is 1.38 bits per heavy atom. The maximum atomic E-state index is 4.72. The van der Waals surface area contributed by atoms with Gasteiger partial charge in [-0.05, 0) is 54.7 Å². The van der Waals surface area contributed by atoms with E-state index in [1.54, 1.807) is 0 Å². The van der Waals surface area contributed by atoms with E-state index < -0.39 is 0 Å². The third kappa shape index (κ3) is 7.28. The molecule has 1 aromatic heterocycles. The van der Waals surface area contributed by atoms with Gasteiger partial charge in [-0.25, -0.2) is 0 Å². The van der Waals surface area contributed by atoms with Crippen LogP contribution in [0.4, 0.5) is 0 Å². The third-order valence-electron chi connectivity index (χ3n) is 6.90. The molecule has 2 aromatic rings. The van der Waals surface area contributed by atoms with Gasteiger partial charge in [0.2, 0.25) is 0 Å². The van der Waals surface area contributed by atoms with E-state index in [-0.39, 0.29) is 0 Å². The highest BCUT2D eigenvalue weighted by Crippen LogP contribution is 2.34. The monoisotopic (exact) mass is 391 g/mol. The summed E-state index contributed by atoms with van der Waals surface area (Å²) in [7, 11) is 0. The first-order valence-electron chi connectivity index (χ1n) is 12.3. The molecule has 0 saturated heterocycles. The first kappa shape index (κ1) is 22.1. The van der Waals surface area contributed by atoms with Gasteiger partial charge in [-0.15, -0.1) is 0 Å². The molecule has 1 aliphatic carbocycles. The summed E-state index contributed by atoms with van der Waals surface area (Å²) < 4.78 is 0. The topological polar surface area (TPSA) is 12.9 Å². The van der Waals surface area contributed by atoms with Gasteiger partial charge in [0.25, 0.3) is 0 Å². The number of pyridine rings is 1. The van der Waals surface area contributed by atoms with Crippen molar-refractivity contribution in [2.24, 2.45) is 11.8 Å². The molecule has 29 heavy (non-hydrogen) atoms. The highest BCUT2D eigenvalue weighted by atomic mass is 14.7. The number of unbranched alkanes of at least 4 members (excludes halogenated alkanes) is 3.